The number of anilines is 1. The van der Waals surface area contributed by atoms with Gasteiger partial charge in [0, 0.05) is 24.6 Å². The van der Waals surface area contributed by atoms with E-state index in [1.807, 2.05) is 83.7 Å². The number of ketones is 1. The minimum Gasteiger partial charge on any atom is -0.357 e. The molecular formula is C23H21N3OS. The van der Waals surface area contributed by atoms with Crippen LogP contribution in [0.25, 0.3) is 5.00 Å². The smallest absolute Gasteiger partial charge is 0.220 e. The van der Waals surface area contributed by atoms with Crippen LogP contribution in [-0.2, 0) is 6.54 Å². The van der Waals surface area contributed by atoms with Crippen LogP contribution in [0.1, 0.15) is 23.1 Å². The van der Waals surface area contributed by atoms with Gasteiger partial charge >= 0.3 is 0 Å². The predicted octanol–water partition coefficient (Wildman–Crippen LogP) is 5.21. The molecule has 0 aliphatic carbocycles. The molecule has 28 heavy (non-hydrogen) atoms. The van der Waals surface area contributed by atoms with Crippen molar-refractivity contribution in [2.45, 2.75) is 19.5 Å². The summed E-state index contributed by atoms with van der Waals surface area (Å²) in [5, 5.41) is 2.99. The highest BCUT2D eigenvalue weighted by Crippen LogP contribution is 2.23. The summed E-state index contributed by atoms with van der Waals surface area (Å²) in [6.07, 6.45) is 3.53. The standard InChI is InChI=1S/C23H21N3OS/c1-18(22(27)23-24-14-15-25(23)21-13-8-16-28-21)26(20-11-6-3-7-12-20)17-19-9-4-2-5-10-19/h2-16,18H,17H2,1H3/t18-/m0/s1. The molecule has 2 aromatic heterocycles. The number of carbonyl (C=O) groups is 1. The molecule has 0 radical (unpaired) electrons. The number of carbonyl (C=O) groups excluding carboxylic acids is 1. The largest absolute Gasteiger partial charge is 0.357 e. The van der Waals surface area contributed by atoms with Crippen molar-refractivity contribution in [1.82, 2.24) is 9.55 Å². The van der Waals surface area contributed by atoms with Gasteiger partial charge in [-0.1, -0.05) is 48.5 Å². The summed E-state index contributed by atoms with van der Waals surface area (Å²) in [6, 6.07) is 23.9. The highest BCUT2D eigenvalue weighted by Gasteiger charge is 2.27. The third-order valence-electron chi connectivity index (χ3n) is 4.74. The van der Waals surface area contributed by atoms with Crippen molar-refractivity contribution in [3.63, 3.8) is 0 Å². The van der Waals surface area contributed by atoms with E-state index in [0.29, 0.717) is 12.4 Å². The van der Waals surface area contributed by atoms with Crippen LogP contribution >= 0.6 is 11.3 Å². The fourth-order valence-corrected chi connectivity index (χ4v) is 3.96. The van der Waals surface area contributed by atoms with Crippen molar-refractivity contribution >= 4 is 22.8 Å². The zero-order chi connectivity index (χ0) is 19.3. The fraction of sp³-hybridized carbons (Fsp3) is 0.130. The molecule has 4 aromatic rings. The topological polar surface area (TPSA) is 38.1 Å². The van der Waals surface area contributed by atoms with Gasteiger partial charge in [-0.05, 0) is 42.1 Å². The summed E-state index contributed by atoms with van der Waals surface area (Å²) in [5.74, 6) is 0.460. The van der Waals surface area contributed by atoms with Gasteiger partial charge in [-0.15, -0.1) is 11.3 Å². The molecule has 0 aliphatic rings. The highest BCUT2D eigenvalue weighted by atomic mass is 32.1. The summed E-state index contributed by atoms with van der Waals surface area (Å²) in [6.45, 7) is 2.60. The van der Waals surface area contributed by atoms with E-state index < -0.39 is 0 Å². The lowest BCUT2D eigenvalue weighted by molar-refractivity contribution is 0.0952. The number of Topliss-reactive ketones (excluding diaryl/α,β-unsaturated/α-hetero) is 1. The zero-order valence-electron chi connectivity index (χ0n) is 15.6. The van der Waals surface area contributed by atoms with E-state index in [4.69, 9.17) is 0 Å². The number of rotatable bonds is 7. The Morgan fingerprint density at radius 1 is 1.04 bits per heavy atom. The van der Waals surface area contributed by atoms with Gasteiger partial charge in [-0.25, -0.2) is 4.98 Å². The van der Waals surface area contributed by atoms with Crippen molar-refractivity contribution in [2.75, 3.05) is 4.90 Å². The van der Waals surface area contributed by atoms with Gasteiger partial charge in [-0.2, -0.15) is 0 Å². The van der Waals surface area contributed by atoms with Crippen LogP contribution in [0.4, 0.5) is 5.69 Å². The van der Waals surface area contributed by atoms with Gasteiger partial charge in [0.25, 0.3) is 0 Å². The Balaban J connectivity index is 1.67. The minimum atomic E-state index is -0.358. The van der Waals surface area contributed by atoms with Crippen molar-refractivity contribution in [3.05, 3.63) is 102 Å². The monoisotopic (exact) mass is 387 g/mol. The third-order valence-corrected chi connectivity index (χ3v) is 5.60. The summed E-state index contributed by atoms with van der Waals surface area (Å²) < 4.78 is 1.87. The van der Waals surface area contributed by atoms with Crippen molar-refractivity contribution in [1.29, 1.82) is 0 Å². The third kappa shape index (κ3) is 3.75. The van der Waals surface area contributed by atoms with Crippen LogP contribution < -0.4 is 4.90 Å². The molecule has 0 bridgehead atoms. The maximum Gasteiger partial charge on any atom is 0.220 e. The molecule has 0 saturated heterocycles. The van der Waals surface area contributed by atoms with Crippen LogP contribution in [0.5, 0.6) is 0 Å². The Morgan fingerprint density at radius 2 is 1.75 bits per heavy atom. The molecule has 1 atom stereocenters. The lowest BCUT2D eigenvalue weighted by Crippen LogP contribution is -2.39. The normalized spacial score (nSPS) is 11.9. The molecule has 2 aromatic carbocycles. The molecule has 0 fully saturated rings. The summed E-state index contributed by atoms with van der Waals surface area (Å²) in [7, 11) is 0. The number of para-hydroxylation sites is 1. The molecule has 0 aliphatic heterocycles. The number of benzene rings is 2. The molecule has 2 heterocycles. The molecule has 0 saturated carbocycles. The molecule has 0 unspecified atom stereocenters. The van der Waals surface area contributed by atoms with E-state index in [2.05, 4.69) is 22.0 Å². The van der Waals surface area contributed by atoms with Gasteiger partial charge in [0.1, 0.15) is 5.00 Å². The van der Waals surface area contributed by atoms with Crippen LogP contribution in [0, 0.1) is 0 Å². The molecule has 0 N–H and O–H groups in total. The van der Waals surface area contributed by atoms with Crippen LogP contribution in [0.2, 0.25) is 0 Å². The van der Waals surface area contributed by atoms with Crippen molar-refractivity contribution in [2.24, 2.45) is 0 Å². The first-order chi connectivity index (χ1) is 13.7. The molecule has 5 heteroatoms. The summed E-state index contributed by atoms with van der Waals surface area (Å²) in [4.78, 5) is 19.9. The number of nitrogens with zero attached hydrogens (tertiary/aromatic N) is 3. The Hall–Kier alpha value is -3.18. The number of hydrogen-bond donors (Lipinski definition) is 0. The highest BCUT2D eigenvalue weighted by molar-refractivity contribution is 7.12. The second-order valence-corrected chi connectivity index (χ2v) is 7.49. The lowest BCUT2D eigenvalue weighted by Gasteiger charge is -2.30. The van der Waals surface area contributed by atoms with Crippen LogP contribution in [0.3, 0.4) is 0 Å². The van der Waals surface area contributed by atoms with E-state index in [9.17, 15) is 4.79 Å². The predicted molar refractivity (Wildman–Crippen MR) is 114 cm³/mol. The Morgan fingerprint density at radius 3 is 2.43 bits per heavy atom. The zero-order valence-corrected chi connectivity index (χ0v) is 16.4. The molecular weight excluding hydrogens is 366 g/mol. The van der Waals surface area contributed by atoms with E-state index in [-0.39, 0.29) is 11.8 Å². The molecule has 140 valence electrons. The Bertz CT molecular complexity index is 1030. The van der Waals surface area contributed by atoms with Crippen LogP contribution in [-0.4, -0.2) is 21.4 Å². The first-order valence-electron chi connectivity index (χ1n) is 9.21. The van der Waals surface area contributed by atoms with Gasteiger partial charge in [0.05, 0.1) is 6.04 Å². The lowest BCUT2D eigenvalue weighted by atomic mass is 10.1. The minimum absolute atomic E-state index is 0.00168. The van der Waals surface area contributed by atoms with Gasteiger partial charge in [0.2, 0.25) is 5.78 Å². The van der Waals surface area contributed by atoms with E-state index in [1.54, 1.807) is 17.5 Å². The average molecular weight is 388 g/mol. The number of hydrogen-bond acceptors (Lipinski definition) is 4. The average Bonchev–Trinajstić information content (AvgIpc) is 3.44. The molecule has 4 rings (SSSR count). The maximum absolute atomic E-state index is 13.4. The first kappa shape index (κ1) is 18.2. The summed E-state index contributed by atoms with van der Waals surface area (Å²) in [5.41, 5.74) is 2.18. The fourth-order valence-electron chi connectivity index (χ4n) is 3.25. The van der Waals surface area contributed by atoms with Gasteiger partial charge < -0.3 is 4.90 Å². The number of imidazole rings is 1. The second kappa shape index (κ2) is 8.23. The Kier molecular flexibility index (Phi) is 5.35. The molecule has 0 amide bonds. The quantitative estimate of drug-likeness (QED) is 0.409. The van der Waals surface area contributed by atoms with Gasteiger partial charge in [-0.3, -0.25) is 9.36 Å². The van der Waals surface area contributed by atoms with E-state index >= 15 is 0 Å². The maximum atomic E-state index is 13.4. The molecule has 4 nitrogen and oxygen atoms in total. The Labute approximate surface area is 168 Å². The first-order valence-corrected chi connectivity index (χ1v) is 10.1. The number of aromatic nitrogens is 2. The number of thiophene rings is 1. The van der Waals surface area contributed by atoms with Crippen molar-refractivity contribution in [3.8, 4) is 5.00 Å². The second-order valence-electron chi connectivity index (χ2n) is 6.56. The SMILES string of the molecule is C[C@@H](C(=O)c1nccn1-c1cccs1)N(Cc1ccccc1)c1ccccc1. The molecule has 0 spiro atoms. The van der Waals surface area contributed by atoms with Crippen molar-refractivity contribution < 1.29 is 4.79 Å². The van der Waals surface area contributed by atoms with E-state index in [1.165, 1.54) is 0 Å². The van der Waals surface area contributed by atoms with E-state index in [0.717, 1.165) is 16.3 Å². The van der Waals surface area contributed by atoms with Crippen LogP contribution in [0.15, 0.2) is 90.6 Å². The summed E-state index contributed by atoms with van der Waals surface area (Å²) >= 11 is 1.59. The van der Waals surface area contributed by atoms with Gasteiger partial charge in [0.15, 0.2) is 5.82 Å².